The number of aryl methyl sites for hydroxylation is 1. The second-order valence-electron chi connectivity index (χ2n) is 14.9. The Labute approximate surface area is 372 Å². The van der Waals surface area contributed by atoms with Gasteiger partial charge in [0.15, 0.2) is 0 Å². The Morgan fingerprint density at radius 3 is 2.02 bits per heavy atom. The van der Waals surface area contributed by atoms with Gasteiger partial charge in [0.25, 0.3) is 0 Å². The molecule has 60 heavy (non-hydrogen) atoms. The number of fused-ring (bicyclic) bond motifs is 3. The summed E-state index contributed by atoms with van der Waals surface area (Å²) >= 11 is 8.95. The van der Waals surface area contributed by atoms with Gasteiger partial charge in [-0.15, -0.1) is 56.7 Å². The highest BCUT2D eigenvalue weighted by molar-refractivity contribution is 7.40. The van der Waals surface area contributed by atoms with Gasteiger partial charge in [0.1, 0.15) is 11.6 Å². The van der Waals surface area contributed by atoms with Crippen LogP contribution >= 0.6 is 56.7 Å². The maximum absolute atomic E-state index is 11.5. The van der Waals surface area contributed by atoms with E-state index < -0.39 is 5.97 Å². The predicted octanol–water partition coefficient (Wildman–Crippen LogP) is 17.2. The highest BCUT2D eigenvalue weighted by Crippen LogP contribution is 2.50. The van der Waals surface area contributed by atoms with Crippen molar-refractivity contribution in [3.8, 4) is 36.0 Å². The molecule has 5 heterocycles. The van der Waals surface area contributed by atoms with Crippen molar-refractivity contribution >= 4 is 105 Å². The highest BCUT2D eigenvalue weighted by atomic mass is 32.1. The van der Waals surface area contributed by atoms with Gasteiger partial charge in [-0.3, -0.25) is 0 Å². The van der Waals surface area contributed by atoms with Gasteiger partial charge in [-0.25, -0.2) is 4.79 Å². The van der Waals surface area contributed by atoms with E-state index in [0.29, 0.717) is 0 Å². The van der Waals surface area contributed by atoms with E-state index in [1.807, 2.05) is 46.1 Å². The summed E-state index contributed by atoms with van der Waals surface area (Å²) in [5, 5.41) is 18.7. The highest BCUT2D eigenvalue weighted by Gasteiger charge is 2.21. The largest absolute Gasteiger partial charge is 0.477 e. The molecule has 0 bridgehead atoms. The van der Waals surface area contributed by atoms with E-state index in [2.05, 4.69) is 135 Å². The van der Waals surface area contributed by atoms with Gasteiger partial charge in [0.05, 0.1) is 9.40 Å². The summed E-state index contributed by atoms with van der Waals surface area (Å²) in [6.45, 7) is 4.52. The van der Waals surface area contributed by atoms with Crippen molar-refractivity contribution in [3.05, 3.63) is 154 Å². The normalized spacial score (nSPS) is 11.8. The van der Waals surface area contributed by atoms with Crippen molar-refractivity contribution in [1.29, 1.82) is 5.26 Å². The van der Waals surface area contributed by atoms with Gasteiger partial charge in [-0.05, 0) is 94.6 Å². The third-order valence-corrected chi connectivity index (χ3v) is 17.0. The molecule has 8 rings (SSSR count). The van der Waals surface area contributed by atoms with Crippen LogP contribution in [0.5, 0.6) is 0 Å². The molecule has 0 saturated carbocycles. The fraction of sp³-hybridized carbons (Fsp3) is 0.192. The van der Waals surface area contributed by atoms with E-state index in [4.69, 9.17) is 0 Å². The van der Waals surface area contributed by atoms with Crippen LogP contribution in [-0.2, 0) is 11.2 Å². The summed E-state index contributed by atoms with van der Waals surface area (Å²) in [5.74, 6) is -1.20. The molecule has 0 fully saturated rings. The lowest BCUT2D eigenvalue weighted by Gasteiger charge is -2.09. The van der Waals surface area contributed by atoms with Crippen molar-refractivity contribution in [1.82, 2.24) is 0 Å². The number of hydrogen-bond donors (Lipinski definition) is 1. The topological polar surface area (TPSA) is 61.1 Å². The van der Waals surface area contributed by atoms with Crippen LogP contribution in [0.15, 0.2) is 121 Å². The minimum atomic E-state index is -1.20. The molecule has 0 saturated heterocycles. The molecule has 0 aliphatic heterocycles. The molecule has 0 radical (unpaired) electrons. The first-order chi connectivity index (χ1) is 29.4. The van der Waals surface area contributed by atoms with Crippen LogP contribution in [0.3, 0.4) is 0 Å². The van der Waals surface area contributed by atoms with Crippen molar-refractivity contribution < 1.29 is 9.90 Å². The van der Waals surface area contributed by atoms with E-state index in [-0.39, 0.29) is 5.57 Å². The molecule has 0 atom stereocenters. The van der Waals surface area contributed by atoms with Crippen LogP contribution in [0.2, 0.25) is 0 Å². The average molecular weight is 876 g/mol. The van der Waals surface area contributed by atoms with Crippen LogP contribution in [0.1, 0.15) is 91.5 Å². The molecule has 0 amide bonds. The Hall–Kier alpha value is -5.14. The summed E-state index contributed by atoms with van der Waals surface area (Å²) in [6.07, 6.45) is 17.8. The van der Waals surface area contributed by atoms with E-state index in [9.17, 15) is 15.2 Å². The summed E-state index contributed by atoms with van der Waals surface area (Å²) in [7, 11) is 0. The third kappa shape index (κ3) is 9.42. The van der Waals surface area contributed by atoms with Crippen molar-refractivity contribution in [2.75, 3.05) is 0 Å². The zero-order chi connectivity index (χ0) is 41.4. The second kappa shape index (κ2) is 19.5. The summed E-state index contributed by atoms with van der Waals surface area (Å²) in [5.41, 5.74) is 8.48. The van der Waals surface area contributed by atoms with E-state index in [0.717, 1.165) is 27.1 Å². The monoisotopic (exact) mass is 875 g/mol. The van der Waals surface area contributed by atoms with Gasteiger partial charge in [-0.2, -0.15) is 5.26 Å². The zero-order valence-corrected chi connectivity index (χ0v) is 37.8. The second-order valence-corrected chi connectivity index (χ2v) is 20.2. The van der Waals surface area contributed by atoms with Gasteiger partial charge in [0.2, 0.25) is 0 Å². The number of nitrogens with zero attached hydrogens (tertiary/aromatic N) is 1. The first-order valence-corrected chi connectivity index (χ1v) is 24.7. The number of unbranched alkanes of at least 4 members (excludes halogenated alkanes) is 5. The Kier molecular flexibility index (Phi) is 13.5. The lowest BCUT2D eigenvalue weighted by molar-refractivity contribution is -0.132. The molecule has 300 valence electrons. The lowest BCUT2D eigenvalue weighted by atomic mass is 9.95. The minimum absolute atomic E-state index is 0.244. The fourth-order valence-electron chi connectivity index (χ4n) is 7.38. The third-order valence-electron chi connectivity index (χ3n) is 10.5. The Morgan fingerprint density at radius 2 is 1.33 bits per heavy atom. The Bertz CT molecular complexity index is 2830. The number of aliphatic carboxylic acids is 1. The quantitative estimate of drug-likeness (QED) is 0.0429. The molecule has 0 aliphatic carbocycles. The molecule has 0 unspecified atom stereocenters. The molecule has 3 aromatic carbocycles. The molecular weight excluding hydrogens is 831 g/mol. The van der Waals surface area contributed by atoms with Crippen LogP contribution < -0.4 is 0 Å². The maximum Gasteiger partial charge on any atom is 0.346 e. The van der Waals surface area contributed by atoms with Crippen LogP contribution in [0.25, 0.3) is 72.6 Å². The van der Waals surface area contributed by atoms with Crippen LogP contribution in [0.4, 0.5) is 0 Å². The number of benzene rings is 3. The van der Waals surface area contributed by atoms with Crippen molar-refractivity contribution in [3.63, 3.8) is 0 Å². The van der Waals surface area contributed by atoms with Gasteiger partial charge in [0, 0.05) is 38.7 Å². The van der Waals surface area contributed by atoms with Crippen LogP contribution in [-0.4, -0.2) is 11.1 Å². The smallest absolute Gasteiger partial charge is 0.346 e. The molecule has 8 aromatic rings. The molecule has 8 heteroatoms. The first kappa shape index (κ1) is 41.6. The standard InChI is InChI=1S/C52H45NO2S5/c1-3-5-7-11-21-38-30-45(60-48(38)37-25-23-34(24-26-37)27-42(35-17-13-9-14-18-35)36-19-15-10-16-20-36)49-39(22-12-8-6-4-2)29-43(58-49)44-32-47-51(59-44)50-46(57-47)31-41(56-50)28-40(33-53)52(54)55/h9-11,13-21,23-32H,3-8,12,22H2,1-2H3,(H,54,55)/b21-11-,40-28-. The molecule has 0 spiro atoms. The van der Waals surface area contributed by atoms with Gasteiger partial charge >= 0.3 is 5.97 Å². The van der Waals surface area contributed by atoms with E-state index in [1.165, 1.54) is 117 Å². The Morgan fingerprint density at radius 1 is 0.667 bits per heavy atom. The van der Waals surface area contributed by atoms with Crippen molar-refractivity contribution in [2.24, 2.45) is 0 Å². The first-order valence-electron chi connectivity index (χ1n) is 20.6. The number of rotatable bonds is 17. The molecule has 3 nitrogen and oxygen atoms in total. The number of allylic oxidation sites excluding steroid dienone is 1. The SMILES string of the molecule is CCCC/C=C\c1cc(-c2sc(-c3cc4sc5cc(/C=C(/C#N)C(=O)O)sc5c4s3)cc2CCCCCC)sc1-c1ccc(C=C(c2ccccc2)c2ccccc2)cc1. The van der Waals surface area contributed by atoms with E-state index >= 15 is 0 Å². The number of carbonyl (C=O) groups is 1. The molecule has 1 N–H and O–H groups in total. The summed E-state index contributed by atoms with van der Waals surface area (Å²) in [6, 6.07) is 41.4. The molecular formula is C52H45NO2S5. The van der Waals surface area contributed by atoms with E-state index in [1.54, 1.807) is 22.7 Å². The summed E-state index contributed by atoms with van der Waals surface area (Å²) in [4.78, 5) is 18.9. The van der Waals surface area contributed by atoms with Crippen LogP contribution in [0, 0.1) is 11.3 Å². The molecule has 0 aliphatic rings. The Balaban J connectivity index is 1.16. The number of nitriles is 1. The van der Waals surface area contributed by atoms with Gasteiger partial charge in [-0.1, -0.05) is 143 Å². The number of thiophene rings is 5. The lowest BCUT2D eigenvalue weighted by Crippen LogP contribution is -1.96. The zero-order valence-electron chi connectivity index (χ0n) is 33.7. The average Bonchev–Trinajstić information content (AvgIpc) is 4.11. The fourth-order valence-corrected chi connectivity index (χ4v) is 13.9. The number of carboxylic acid groups (broad SMARTS) is 1. The summed E-state index contributed by atoms with van der Waals surface area (Å²) < 4.78 is 4.78. The number of carboxylic acids is 1. The van der Waals surface area contributed by atoms with Gasteiger partial charge < -0.3 is 5.11 Å². The maximum atomic E-state index is 11.5. The minimum Gasteiger partial charge on any atom is -0.477 e. The predicted molar refractivity (Wildman–Crippen MR) is 265 cm³/mol. The molecule has 5 aromatic heterocycles. The number of hydrogen-bond acceptors (Lipinski definition) is 7. The van der Waals surface area contributed by atoms with Crippen molar-refractivity contribution in [2.45, 2.75) is 65.2 Å².